The van der Waals surface area contributed by atoms with Gasteiger partial charge in [0.15, 0.2) is 0 Å². The van der Waals surface area contributed by atoms with E-state index in [1.165, 1.54) is 0 Å². The van der Waals surface area contributed by atoms with Crippen LogP contribution >= 0.6 is 15.9 Å². The standard InChI is InChI=1S/C15H13BrN4/c1-20(10-11-3-2-5-17-8-11)14-4-6-18-13-7-12(16)9-19-15(13)14/h2-9H,10H2,1H3. The molecule has 0 aromatic carbocycles. The molecule has 0 aliphatic carbocycles. The van der Waals surface area contributed by atoms with Gasteiger partial charge in [-0.1, -0.05) is 6.07 Å². The average molecular weight is 329 g/mol. The van der Waals surface area contributed by atoms with Crippen molar-refractivity contribution in [3.63, 3.8) is 0 Å². The molecule has 0 amide bonds. The molecule has 0 saturated heterocycles. The summed E-state index contributed by atoms with van der Waals surface area (Å²) in [5.74, 6) is 0. The van der Waals surface area contributed by atoms with E-state index in [-0.39, 0.29) is 0 Å². The van der Waals surface area contributed by atoms with Gasteiger partial charge in [-0.05, 0) is 39.7 Å². The van der Waals surface area contributed by atoms with E-state index in [0.717, 1.165) is 33.3 Å². The number of hydrogen-bond donors (Lipinski definition) is 0. The summed E-state index contributed by atoms with van der Waals surface area (Å²) in [6.07, 6.45) is 7.27. The zero-order valence-electron chi connectivity index (χ0n) is 11.0. The molecule has 0 fully saturated rings. The molecule has 0 spiro atoms. The van der Waals surface area contributed by atoms with Crippen molar-refractivity contribution in [1.82, 2.24) is 15.0 Å². The largest absolute Gasteiger partial charge is 0.368 e. The Morgan fingerprint density at radius 1 is 1.15 bits per heavy atom. The molecule has 0 N–H and O–H groups in total. The lowest BCUT2D eigenvalue weighted by atomic mass is 10.2. The summed E-state index contributed by atoms with van der Waals surface area (Å²) in [5.41, 5.74) is 4.01. The Morgan fingerprint density at radius 2 is 2.05 bits per heavy atom. The highest BCUT2D eigenvalue weighted by Gasteiger charge is 2.09. The van der Waals surface area contributed by atoms with Gasteiger partial charge in [0.05, 0.1) is 11.2 Å². The van der Waals surface area contributed by atoms with E-state index in [9.17, 15) is 0 Å². The molecule has 0 saturated carbocycles. The van der Waals surface area contributed by atoms with Gasteiger partial charge >= 0.3 is 0 Å². The van der Waals surface area contributed by atoms with Gasteiger partial charge in [0.25, 0.3) is 0 Å². The summed E-state index contributed by atoms with van der Waals surface area (Å²) >= 11 is 3.42. The highest BCUT2D eigenvalue weighted by molar-refractivity contribution is 9.10. The van der Waals surface area contributed by atoms with Gasteiger partial charge in [-0.3, -0.25) is 15.0 Å². The molecule has 0 aliphatic rings. The van der Waals surface area contributed by atoms with E-state index in [1.54, 1.807) is 12.4 Å². The Labute approximate surface area is 125 Å². The maximum atomic E-state index is 4.48. The normalized spacial score (nSPS) is 10.7. The third kappa shape index (κ3) is 2.63. The molecule has 0 unspecified atom stereocenters. The van der Waals surface area contributed by atoms with E-state index in [4.69, 9.17) is 0 Å². The van der Waals surface area contributed by atoms with Gasteiger partial charge in [-0.15, -0.1) is 0 Å². The molecule has 0 atom stereocenters. The first-order valence-electron chi connectivity index (χ1n) is 6.24. The second-order valence-corrected chi connectivity index (χ2v) is 5.48. The maximum Gasteiger partial charge on any atom is 0.112 e. The third-order valence-corrected chi connectivity index (χ3v) is 3.51. The summed E-state index contributed by atoms with van der Waals surface area (Å²) in [6, 6.07) is 7.98. The van der Waals surface area contributed by atoms with Crippen molar-refractivity contribution in [2.75, 3.05) is 11.9 Å². The predicted octanol–water partition coefficient (Wildman–Crippen LogP) is 3.42. The quantitative estimate of drug-likeness (QED) is 0.738. The zero-order chi connectivity index (χ0) is 13.9. The van der Waals surface area contributed by atoms with Crippen molar-refractivity contribution in [1.29, 1.82) is 0 Å². The van der Waals surface area contributed by atoms with Crippen molar-refractivity contribution in [2.45, 2.75) is 6.54 Å². The topological polar surface area (TPSA) is 41.9 Å². The Kier molecular flexibility index (Phi) is 3.60. The fourth-order valence-electron chi connectivity index (χ4n) is 2.15. The van der Waals surface area contributed by atoms with E-state index in [2.05, 4.69) is 41.8 Å². The van der Waals surface area contributed by atoms with Crippen LogP contribution < -0.4 is 4.90 Å². The molecular formula is C15H13BrN4. The highest BCUT2D eigenvalue weighted by atomic mass is 79.9. The molecule has 5 heteroatoms. The first kappa shape index (κ1) is 13.0. The first-order chi connectivity index (χ1) is 9.74. The van der Waals surface area contributed by atoms with Crippen LogP contribution in [0.5, 0.6) is 0 Å². The molecular weight excluding hydrogens is 316 g/mol. The molecule has 3 rings (SSSR count). The smallest absolute Gasteiger partial charge is 0.112 e. The number of anilines is 1. The third-order valence-electron chi connectivity index (χ3n) is 3.08. The summed E-state index contributed by atoms with van der Waals surface area (Å²) in [5, 5.41) is 0. The lowest BCUT2D eigenvalue weighted by Crippen LogP contribution is -2.17. The Balaban J connectivity index is 1.97. The lowest BCUT2D eigenvalue weighted by Gasteiger charge is -2.20. The van der Waals surface area contributed by atoms with E-state index >= 15 is 0 Å². The van der Waals surface area contributed by atoms with Gasteiger partial charge < -0.3 is 4.90 Å². The summed E-state index contributed by atoms with van der Waals surface area (Å²) in [6.45, 7) is 0.782. The molecule has 4 nitrogen and oxygen atoms in total. The van der Waals surface area contributed by atoms with E-state index in [1.807, 2.05) is 37.6 Å². The summed E-state index contributed by atoms with van der Waals surface area (Å²) in [7, 11) is 2.05. The Morgan fingerprint density at radius 3 is 2.85 bits per heavy atom. The van der Waals surface area contributed by atoms with E-state index in [0.29, 0.717) is 0 Å². The zero-order valence-corrected chi connectivity index (χ0v) is 12.6. The molecule has 0 bridgehead atoms. The van der Waals surface area contributed by atoms with Crippen LogP contribution in [0.15, 0.2) is 53.5 Å². The minimum absolute atomic E-state index is 0.782. The van der Waals surface area contributed by atoms with Gasteiger partial charge in [-0.2, -0.15) is 0 Å². The monoisotopic (exact) mass is 328 g/mol. The molecule has 100 valence electrons. The van der Waals surface area contributed by atoms with Crippen molar-refractivity contribution >= 4 is 32.7 Å². The molecule has 20 heavy (non-hydrogen) atoms. The Bertz CT molecular complexity index is 730. The molecule has 3 aromatic heterocycles. The number of fused-ring (bicyclic) bond motifs is 1. The molecule has 3 heterocycles. The van der Waals surface area contributed by atoms with Crippen molar-refractivity contribution in [3.8, 4) is 0 Å². The van der Waals surface area contributed by atoms with Crippen molar-refractivity contribution in [2.24, 2.45) is 0 Å². The van der Waals surface area contributed by atoms with Crippen LogP contribution in [0.3, 0.4) is 0 Å². The van der Waals surface area contributed by atoms with Gasteiger partial charge in [0.1, 0.15) is 5.52 Å². The van der Waals surface area contributed by atoms with Gasteiger partial charge in [0, 0.05) is 42.9 Å². The van der Waals surface area contributed by atoms with Crippen LogP contribution in [0, 0.1) is 0 Å². The number of nitrogens with zero attached hydrogens (tertiary/aromatic N) is 4. The first-order valence-corrected chi connectivity index (χ1v) is 7.03. The van der Waals surface area contributed by atoms with Gasteiger partial charge in [0.2, 0.25) is 0 Å². The Hall–Kier alpha value is -2.01. The SMILES string of the molecule is CN(Cc1cccnc1)c1ccnc2cc(Br)cnc12. The highest BCUT2D eigenvalue weighted by Crippen LogP contribution is 2.25. The van der Waals surface area contributed by atoms with Crippen LogP contribution in [-0.2, 0) is 6.54 Å². The van der Waals surface area contributed by atoms with Crippen molar-refractivity contribution < 1.29 is 0 Å². The van der Waals surface area contributed by atoms with Crippen molar-refractivity contribution in [3.05, 3.63) is 59.1 Å². The minimum atomic E-state index is 0.782. The van der Waals surface area contributed by atoms with Crippen LogP contribution in [0.4, 0.5) is 5.69 Å². The number of pyridine rings is 3. The summed E-state index contributed by atoms with van der Waals surface area (Å²) in [4.78, 5) is 15.1. The fraction of sp³-hybridized carbons (Fsp3) is 0.133. The predicted molar refractivity (Wildman–Crippen MR) is 83.6 cm³/mol. The van der Waals surface area contributed by atoms with E-state index < -0.39 is 0 Å². The lowest BCUT2D eigenvalue weighted by molar-refractivity contribution is 0.917. The van der Waals surface area contributed by atoms with Crippen LogP contribution in [0.1, 0.15) is 5.56 Å². The van der Waals surface area contributed by atoms with Gasteiger partial charge in [-0.25, -0.2) is 0 Å². The number of aromatic nitrogens is 3. The van der Waals surface area contributed by atoms with Crippen LogP contribution in [-0.4, -0.2) is 22.0 Å². The second-order valence-electron chi connectivity index (χ2n) is 4.57. The van der Waals surface area contributed by atoms with Crippen LogP contribution in [0.2, 0.25) is 0 Å². The minimum Gasteiger partial charge on any atom is -0.368 e. The number of rotatable bonds is 3. The molecule has 3 aromatic rings. The van der Waals surface area contributed by atoms with Crippen LogP contribution in [0.25, 0.3) is 11.0 Å². The fourth-order valence-corrected chi connectivity index (χ4v) is 2.47. The molecule has 0 radical (unpaired) electrons. The summed E-state index contributed by atoms with van der Waals surface area (Å²) < 4.78 is 0.935. The second kappa shape index (κ2) is 5.54. The number of hydrogen-bond acceptors (Lipinski definition) is 4. The molecule has 0 aliphatic heterocycles. The number of halogens is 1. The maximum absolute atomic E-state index is 4.48. The average Bonchev–Trinajstić information content (AvgIpc) is 2.47.